The molecule has 0 radical (unpaired) electrons. The highest BCUT2D eigenvalue weighted by Gasteiger charge is 2.22. The smallest absolute Gasteiger partial charge is 0.305 e. The minimum Gasteiger partial charge on any atom is -0.481 e. The van der Waals surface area contributed by atoms with Crippen molar-refractivity contribution in [3.8, 4) is 0 Å². The Hall–Kier alpha value is -2.21. The van der Waals surface area contributed by atoms with Crippen LogP contribution >= 0.6 is 11.3 Å². The molecule has 2 N–H and O–H groups in total. The van der Waals surface area contributed by atoms with Crippen LogP contribution in [0.5, 0.6) is 0 Å². The Morgan fingerprint density at radius 1 is 1.28 bits per heavy atom. The van der Waals surface area contributed by atoms with Crippen molar-refractivity contribution in [2.24, 2.45) is 0 Å². The number of carbonyl (C=O) groups excluding carboxylic acids is 1. The molecule has 0 bridgehead atoms. The average Bonchev–Trinajstić information content (AvgIpc) is 2.95. The second-order valence-electron chi connectivity index (χ2n) is 7.15. The summed E-state index contributed by atoms with van der Waals surface area (Å²) in [5, 5.41) is 14.9. The standard InChI is InChI=1S/C19H24N2O3S/c1-12-7-5-6-8-14(12)15(10-17(23)24)21-16(22)9-13-11-25-18(20-13)19(2,3)4/h5-8,11,15H,9-10H2,1-4H3,(H,21,22)(H,23,24). The lowest BCUT2D eigenvalue weighted by molar-refractivity contribution is -0.137. The average molecular weight is 360 g/mol. The number of carboxylic acids is 1. The first kappa shape index (κ1) is 19.1. The minimum absolute atomic E-state index is 0.0492. The summed E-state index contributed by atoms with van der Waals surface area (Å²) in [6.45, 7) is 8.15. The molecule has 5 nitrogen and oxygen atoms in total. The van der Waals surface area contributed by atoms with Crippen LogP contribution in [0.1, 0.15) is 55.1 Å². The zero-order valence-corrected chi connectivity index (χ0v) is 15.8. The van der Waals surface area contributed by atoms with E-state index in [1.54, 1.807) is 11.3 Å². The molecule has 1 unspecified atom stereocenters. The number of hydrogen-bond acceptors (Lipinski definition) is 4. The Morgan fingerprint density at radius 2 is 1.96 bits per heavy atom. The normalized spacial score (nSPS) is 12.6. The molecular formula is C19H24N2O3S. The number of carboxylic acid groups (broad SMARTS) is 1. The van der Waals surface area contributed by atoms with Crippen LogP contribution in [0.15, 0.2) is 29.6 Å². The second kappa shape index (κ2) is 7.78. The van der Waals surface area contributed by atoms with Gasteiger partial charge in [0.25, 0.3) is 0 Å². The molecule has 1 atom stereocenters. The van der Waals surface area contributed by atoms with E-state index in [0.717, 1.165) is 16.1 Å². The SMILES string of the molecule is Cc1ccccc1C(CC(=O)O)NC(=O)Cc1csc(C(C)(C)C)n1. The number of nitrogens with one attached hydrogen (secondary N) is 1. The highest BCUT2D eigenvalue weighted by atomic mass is 32.1. The van der Waals surface area contributed by atoms with Gasteiger partial charge in [-0.3, -0.25) is 9.59 Å². The van der Waals surface area contributed by atoms with Crippen molar-refractivity contribution in [3.05, 3.63) is 51.5 Å². The van der Waals surface area contributed by atoms with Crippen molar-refractivity contribution in [1.29, 1.82) is 0 Å². The Kier molecular flexibility index (Phi) is 5.95. The largest absolute Gasteiger partial charge is 0.481 e. The molecule has 1 amide bonds. The summed E-state index contributed by atoms with van der Waals surface area (Å²) in [6, 6.07) is 6.95. The van der Waals surface area contributed by atoms with Gasteiger partial charge in [0.05, 0.1) is 29.6 Å². The molecule has 25 heavy (non-hydrogen) atoms. The number of carbonyl (C=O) groups is 2. The third kappa shape index (κ3) is 5.39. The molecule has 0 saturated heterocycles. The quantitative estimate of drug-likeness (QED) is 0.824. The van der Waals surface area contributed by atoms with Crippen molar-refractivity contribution < 1.29 is 14.7 Å². The molecule has 1 aromatic heterocycles. The fourth-order valence-electron chi connectivity index (χ4n) is 2.53. The third-order valence-corrected chi connectivity index (χ3v) is 5.13. The van der Waals surface area contributed by atoms with Crippen molar-refractivity contribution >= 4 is 23.2 Å². The van der Waals surface area contributed by atoms with Crippen LogP contribution in [0.25, 0.3) is 0 Å². The zero-order chi connectivity index (χ0) is 18.6. The van der Waals surface area contributed by atoms with Crippen LogP contribution in [0.2, 0.25) is 0 Å². The van der Waals surface area contributed by atoms with Gasteiger partial charge in [-0.15, -0.1) is 11.3 Å². The summed E-state index contributed by atoms with van der Waals surface area (Å²) < 4.78 is 0. The van der Waals surface area contributed by atoms with Gasteiger partial charge in [-0.2, -0.15) is 0 Å². The maximum absolute atomic E-state index is 12.4. The maximum Gasteiger partial charge on any atom is 0.305 e. The van der Waals surface area contributed by atoms with Gasteiger partial charge in [0.15, 0.2) is 0 Å². The predicted molar refractivity (Wildman–Crippen MR) is 98.8 cm³/mol. The highest BCUT2D eigenvalue weighted by Crippen LogP contribution is 2.26. The molecule has 1 heterocycles. The van der Waals surface area contributed by atoms with E-state index in [2.05, 4.69) is 31.1 Å². The molecule has 0 fully saturated rings. The lowest BCUT2D eigenvalue weighted by atomic mass is 9.98. The van der Waals surface area contributed by atoms with E-state index in [4.69, 9.17) is 5.11 Å². The number of nitrogens with zero attached hydrogens (tertiary/aromatic N) is 1. The first-order valence-electron chi connectivity index (χ1n) is 8.18. The van der Waals surface area contributed by atoms with Crippen LogP contribution in [-0.2, 0) is 21.4 Å². The van der Waals surface area contributed by atoms with E-state index in [1.165, 1.54) is 0 Å². The number of aryl methyl sites for hydroxylation is 1. The molecule has 6 heteroatoms. The van der Waals surface area contributed by atoms with Gasteiger partial charge in [0.2, 0.25) is 5.91 Å². The molecule has 0 aliphatic rings. The molecule has 134 valence electrons. The van der Waals surface area contributed by atoms with E-state index < -0.39 is 12.0 Å². The summed E-state index contributed by atoms with van der Waals surface area (Å²) in [5.41, 5.74) is 2.45. The number of hydrogen-bond donors (Lipinski definition) is 2. The fraction of sp³-hybridized carbons (Fsp3) is 0.421. The van der Waals surface area contributed by atoms with E-state index in [9.17, 15) is 9.59 Å². The van der Waals surface area contributed by atoms with Gasteiger partial charge >= 0.3 is 5.97 Å². The predicted octanol–water partition coefficient (Wildman–Crippen LogP) is 3.62. The topological polar surface area (TPSA) is 79.3 Å². The van der Waals surface area contributed by atoms with E-state index >= 15 is 0 Å². The first-order valence-corrected chi connectivity index (χ1v) is 9.06. The number of amides is 1. The number of rotatable bonds is 6. The molecule has 0 aliphatic heterocycles. The summed E-state index contributed by atoms with van der Waals surface area (Å²) in [4.78, 5) is 28.1. The minimum atomic E-state index is -0.947. The molecule has 2 rings (SSSR count). The number of benzene rings is 1. The third-order valence-electron chi connectivity index (χ3n) is 3.81. The maximum atomic E-state index is 12.4. The van der Waals surface area contributed by atoms with Gasteiger partial charge in [0, 0.05) is 10.8 Å². The van der Waals surface area contributed by atoms with Crippen molar-refractivity contribution in [3.63, 3.8) is 0 Å². The van der Waals surface area contributed by atoms with E-state index in [-0.39, 0.29) is 24.2 Å². The summed E-state index contributed by atoms with van der Waals surface area (Å²) in [6.07, 6.45) is -0.00448. The van der Waals surface area contributed by atoms with Crippen LogP contribution in [0.4, 0.5) is 0 Å². The van der Waals surface area contributed by atoms with Gasteiger partial charge in [0.1, 0.15) is 0 Å². The van der Waals surface area contributed by atoms with Gasteiger partial charge < -0.3 is 10.4 Å². The van der Waals surface area contributed by atoms with Gasteiger partial charge in [-0.1, -0.05) is 45.0 Å². The molecule has 0 spiro atoms. The van der Waals surface area contributed by atoms with Gasteiger partial charge in [-0.25, -0.2) is 4.98 Å². The first-order chi connectivity index (χ1) is 11.7. The number of aromatic nitrogens is 1. The summed E-state index contributed by atoms with van der Waals surface area (Å²) >= 11 is 1.54. The number of thiazole rings is 1. The van der Waals surface area contributed by atoms with Crippen molar-refractivity contribution in [2.45, 2.75) is 52.0 Å². The van der Waals surface area contributed by atoms with E-state index in [1.807, 2.05) is 36.6 Å². The molecule has 0 saturated carbocycles. The molecule has 1 aromatic carbocycles. The van der Waals surface area contributed by atoms with Gasteiger partial charge in [-0.05, 0) is 18.1 Å². The Labute approximate surface area is 152 Å². The van der Waals surface area contributed by atoms with Crippen molar-refractivity contribution in [2.75, 3.05) is 0 Å². The van der Waals surface area contributed by atoms with Crippen LogP contribution in [0.3, 0.4) is 0 Å². The fourth-order valence-corrected chi connectivity index (χ4v) is 3.44. The highest BCUT2D eigenvalue weighted by molar-refractivity contribution is 7.09. The second-order valence-corrected chi connectivity index (χ2v) is 8.00. The Morgan fingerprint density at radius 3 is 2.52 bits per heavy atom. The monoisotopic (exact) mass is 360 g/mol. The molecular weight excluding hydrogens is 336 g/mol. The number of aliphatic carboxylic acids is 1. The zero-order valence-electron chi connectivity index (χ0n) is 15.0. The van der Waals surface area contributed by atoms with E-state index in [0.29, 0.717) is 5.69 Å². The van der Waals surface area contributed by atoms with Crippen molar-refractivity contribution in [1.82, 2.24) is 10.3 Å². The van der Waals surface area contributed by atoms with Crippen LogP contribution in [0, 0.1) is 6.92 Å². The molecule has 2 aromatic rings. The van der Waals surface area contributed by atoms with Crippen LogP contribution < -0.4 is 5.32 Å². The summed E-state index contributed by atoms with van der Waals surface area (Å²) in [7, 11) is 0. The Bertz CT molecular complexity index is 762. The lowest BCUT2D eigenvalue weighted by Gasteiger charge is -2.19. The molecule has 0 aliphatic carbocycles. The summed E-state index contributed by atoms with van der Waals surface area (Å²) in [5.74, 6) is -1.17. The lowest BCUT2D eigenvalue weighted by Crippen LogP contribution is -2.32. The Balaban J connectivity index is 2.11. The van der Waals surface area contributed by atoms with Crippen LogP contribution in [-0.4, -0.2) is 22.0 Å².